The summed E-state index contributed by atoms with van der Waals surface area (Å²) in [6.07, 6.45) is 1.02. The number of benzene rings is 1. The lowest BCUT2D eigenvalue weighted by Gasteiger charge is -2.34. The third-order valence-electron chi connectivity index (χ3n) is 4.43. The molecule has 2 rings (SSSR count). The number of rotatable bonds is 7. The highest BCUT2D eigenvalue weighted by Crippen LogP contribution is 2.34. The molecule has 1 aliphatic rings. The monoisotopic (exact) mass is 337 g/mol. The highest BCUT2D eigenvalue weighted by molar-refractivity contribution is 5.89. The summed E-state index contributed by atoms with van der Waals surface area (Å²) >= 11 is 0. The standard InChI is InChI=1S/C17H23NO6/c1-22-11-17(16(20)21)8-5-9-18(17)15(19)10-12-13(23-2)6-4-7-14(12)24-3/h4,6-7H,5,8-11H2,1-3H3,(H,20,21). The number of carboxylic acids is 1. The van der Waals surface area contributed by atoms with E-state index in [9.17, 15) is 14.7 Å². The molecule has 1 fully saturated rings. The van der Waals surface area contributed by atoms with Gasteiger partial charge in [-0.2, -0.15) is 0 Å². The van der Waals surface area contributed by atoms with Gasteiger partial charge in [0.2, 0.25) is 5.91 Å². The maximum atomic E-state index is 12.8. The van der Waals surface area contributed by atoms with E-state index in [-0.39, 0.29) is 18.9 Å². The maximum Gasteiger partial charge on any atom is 0.332 e. The van der Waals surface area contributed by atoms with Crippen LogP contribution in [0.25, 0.3) is 0 Å². The van der Waals surface area contributed by atoms with E-state index in [1.54, 1.807) is 18.2 Å². The Bertz CT molecular complexity index is 595. The van der Waals surface area contributed by atoms with Crippen molar-refractivity contribution in [3.8, 4) is 11.5 Å². The molecule has 1 aromatic carbocycles. The molecule has 1 aliphatic heterocycles. The van der Waals surface area contributed by atoms with Crippen LogP contribution in [0, 0.1) is 0 Å². The summed E-state index contributed by atoms with van der Waals surface area (Å²) in [4.78, 5) is 26.1. The van der Waals surface area contributed by atoms with Gasteiger partial charge in [-0.05, 0) is 25.0 Å². The Morgan fingerprint density at radius 3 is 2.33 bits per heavy atom. The lowest BCUT2D eigenvalue weighted by atomic mass is 9.96. The van der Waals surface area contributed by atoms with Crippen molar-refractivity contribution in [2.24, 2.45) is 0 Å². The number of likely N-dealkylation sites (tertiary alicyclic amines) is 1. The first-order chi connectivity index (χ1) is 11.5. The van der Waals surface area contributed by atoms with Gasteiger partial charge < -0.3 is 24.2 Å². The van der Waals surface area contributed by atoms with E-state index >= 15 is 0 Å². The second-order valence-corrected chi connectivity index (χ2v) is 5.74. The zero-order valence-corrected chi connectivity index (χ0v) is 14.2. The highest BCUT2D eigenvalue weighted by Gasteiger charge is 2.50. The third kappa shape index (κ3) is 3.17. The van der Waals surface area contributed by atoms with Gasteiger partial charge in [0.1, 0.15) is 11.5 Å². The first kappa shape index (κ1) is 18.1. The fourth-order valence-corrected chi connectivity index (χ4v) is 3.26. The number of nitrogens with zero attached hydrogens (tertiary/aromatic N) is 1. The van der Waals surface area contributed by atoms with Crippen molar-refractivity contribution >= 4 is 11.9 Å². The van der Waals surface area contributed by atoms with Crippen LogP contribution in [0.2, 0.25) is 0 Å². The maximum absolute atomic E-state index is 12.8. The number of carbonyl (C=O) groups is 2. The SMILES string of the molecule is COCC1(C(=O)O)CCCN1C(=O)Cc1c(OC)cccc1OC. The zero-order chi connectivity index (χ0) is 17.7. The summed E-state index contributed by atoms with van der Waals surface area (Å²) < 4.78 is 15.7. The van der Waals surface area contributed by atoms with Gasteiger partial charge in [0.05, 0.1) is 27.2 Å². The fraction of sp³-hybridized carbons (Fsp3) is 0.529. The molecule has 1 heterocycles. The van der Waals surface area contributed by atoms with E-state index in [0.29, 0.717) is 36.4 Å². The molecule has 1 saturated heterocycles. The van der Waals surface area contributed by atoms with Crippen LogP contribution in [0.1, 0.15) is 18.4 Å². The Labute approximate surface area is 141 Å². The molecule has 0 bridgehead atoms. The molecule has 132 valence electrons. The number of hydrogen-bond acceptors (Lipinski definition) is 5. The van der Waals surface area contributed by atoms with Crippen molar-refractivity contribution in [1.82, 2.24) is 4.90 Å². The molecule has 1 unspecified atom stereocenters. The van der Waals surface area contributed by atoms with Crippen LogP contribution in [0.5, 0.6) is 11.5 Å². The first-order valence-electron chi connectivity index (χ1n) is 7.73. The topological polar surface area (TPSA) is 85.3 Å². The number of aliphatic carboxylic acids is 1. The molecule has 0 saturated carbocycles. The largest absolute Gasteiger partial charge is 0.496 e. The molecule has 0 aliphatic carbocycles. The smallest absolute Gasteiger partial charge is 0.332 e. The van der Waals surface area contributed by atoms with Crippen LogP contribution in [-0.4, -0.2) is 61.9 Å². The van der Waals surface area contributed by atoms with Gasteiger partial charge >= 0.3 is 5.97 Å². The van der Waals surface area contributed by atoms with E-state index < -0.39 is 11.5 Å². The molecule has 0 radical (unpaired) electrons. The first-order valence-corrected chi connectivity index (χ1v) is 7.73. The molecule has 0 spiro atoms. The Morgan fingerprint density at radius 2 is 1.83 bits per heavy atom. The van der Waals surface area contributed by atoms with E-state index in [1.165, 1.54) is 26.2 Å². The molecule has 0 aromatic heterocycles. The molecule has 7 heteroatoms. The van der Waals surface area contributed by atoms with Crippen LogP contribution in [-0.2, 0) is 20.7 Å². The lowest BCUT2D eigenvalue weighted by Crippen LogP contribution is -2.56. The Kier molecular flexibility index (Phi) is 5.66. The zero-order valence-electron chi connectivity index (χ0n) is 14.2. The van der Waals surface area contributed by atoms with Crippen molar-refractivity contribution in [2.75, 3.05) is 34.5 Å². The van der Waals surface area contributed by atoms with Gasteiger partial charge in [-0.1, -0.05) is 6.07 Å². The van der Waals surface area contributed by atoms with Crippen LogP contribution in [0.3, 0.4) is 0 Å². The second kappa shape index (κ2) is 7.53. The van der Waals surface area contributed by atoms with E-state index in [4.69, 9.17) is 14.2 Å². The Balaban J connectivity index is 2.31. The summed E-state index contributed by atoms with van der Waals surface area (Å²) in [5.74, 6) is -0.249. The molecular weight excluding hydrogens is 314 g/mol. The van der Waals surface area contributed by atoms with Crippen molar-refractivity contribution in [1.29, 1.82) is 0 Å². The van der Waals surface area contributed by atoms with Gasteiger partial charge in [-0.25, -0.2) is 4.79 Å². The average molecular weight is 337 g/mol. The number of methoxy groups -OCH3 is 3. The van der Waals surface area contributed by atoms with Crippen molar-refractivity contribution < 1.29 is 28.9 Å². The number of amides is 1. The Morgan fingerprint density at radius 1 is 1.21 bits per heavy atom. The number of ether oxygens (including phenoxy) is 3. The second-order valence-electron chi connectivity index (χ2n) is 5.74. The minimum atomic E-state index is -1.30. The fourth-order valence-electron chi connectivity index (χ4n) is 3.26. The third-order valence-corrected chi connectivity index (χ3v) is 4.43. The van der Waals surface area contributed by atoms with Crippen molar-refractivity contribution in [2.45, 2.75) is 24.8 Å². The van der Waals surface area contributed by atoms with E-state index in [0.717, 1.165) is 0 Å². The molecule has 1 N–H and O–H groups in total. The van der Waals surface area contributed by atoms with Gasteiger partial charge in [0.15, 0.2) is 5.54 Å². The van der Waals surface area contributed by atoms with Gasteiger partial charge in [-0.15, -0.1) is 0 Å². The highest BCUT2D eigenvalue weighted by atomic mass is 16.5. The van der Waals surface area contributed by atoms with Crippen molar-refractivity contribution in [3.63, 3.8) is 0 Å². The quantitative estimate of drug-likeness (QED) is 0.808. The molecule has 7 nitrogen and oxygen atoms in total. The summed E-state index contributed by atoms with van der Waals surface area (Å²) in [5.41, 5.74) is -0.697. The minimum absolute atomic E-state index is 0.00588. The molecule has 1 amide bonds. The average Bonchev–Trinajstić information content (AvgIpc) is 3.00. The normalized spacial score (nSPS) is 20.0. The van der Waals surface area contributed by atoms with Crippen LogP contribution >= 0.6 is 0 Å². The number of hydrogen-bond donors (Lipinski definition) is 1. The van der Waals surface area contributed by atoms with Gasteiger partial charge in [0, 0.05) is 19.2 Å². The Hall–Kier alpha value is -2.28. The van der Waals surface area contributed by atoms with Crippen LogP contribution in [0.4, 0.5) is 0 Å². The van der Waals surface area contributed by atoms with Crippen LogP contribution < -0.4 is 9.47 Å². The molecule has 24 heavy (non-hydrogen) atoms. The summed E-state index contributed by atoms with van der Waals surface area (Å²) in [5, 5.41) is 9.66. The van der Waals surface area contributed by atoms with E-state index in [2.05, 4.69) is 0 Å². The minimum Gasteiger partial charge on any atom is -0.496 e. The van der Waals surface area contributed by atoms with Crippen molar-refractivity contribution in [3.05, 3.63) is 23.8 Å². The molecule has 1 atom stereocenters. The molecular formula is C17H23NO6. The summed E-state index contributed by atoms with van der Waals surface area (Å²) in [6, 6.07) is 5.26. The summed E-state index contributed by atoms with van der Waals surface area (Å²) in [6.45, 7) is 0.364. The number of carbonyl (C=O) groups excluding carboxylic acids is 1. The van der Waals surface area contributed by atoms with Gasteiger partial charge in [-0.3, -0.25) is 4.79 Å². The lowest BCUT2D eigenvalue weighted by molar-refractivity contribution is -0.160. The van der Waals surface area contributed by atoms with E-state index in [1.807, 2.05) is 0 Å². The summed E-state index contributed by atoms with van der Waals surface area (Å²) in [7, 11) is 4.48. The predicted molar refractivity (Wildman–Crippen MR) is 86.4 cm³/mol. The number of carboxylic acid groups (broad SMARTS) is 1. The van der Waals surface area contributed by atoms with Crippen LogP contribution in [0.15, 0.2) is 18.2 Å². The predicted octanol–water partition coefficient (Wildman–Crippen LogP) is 1.34. The van der Waals surface area contributed by atoms with Gasteiger partial charge in [0.25, 0.3) is 0 Å². The molecule has 1 aromatic rings.